The zero-order valence-electron chi connectivity index (χ0n) is 15.6. The van der Waals surface area contributed by atoms with Crippen LogP contribution in [0.4, 0.5) is 0 Å². The minimum Gasteiger partial charge on any atom is -0.523 e. The molecule has 0 spiro atoms. The van der Waals surface area contributed by atoms with Gasteiger partial charge in [-0.05, 0) is 31.3 Å². The van der Waals surface area contributed by atoms with Crippen LogP contribution >= 0.6 is 0 Å². The summed E-state index contributed by atoms with van der Waals surface area (Å²) in [5, 5.41) is 0. The maximum absolute atomic E-state index is 5.92. The van der Waals surface area contributed by atoms with Gasteiger partial charge in [0.15, 0.2) is 0 Å². The lowest BCUT2D eigenvalue weighted by Crippen LogP contribution is -2.52. The van der Waals surface area contributed by atoms with Crippen LogP contribution in [0.25, 0.3) is 0 Å². The van der Waals surface area contributed by atoms with Crippen LogP contribution in [0, 0.1) is 0 Å². The zero-order valence-corrected chi connectivity index (χ0v) is 15.6. The molecule has 3 fully saturated rings. The number of hydrogen-bond acceptors (Lipinski definition) is 6. The highest BCUT2D eigenvalue weighted by atomic mass is 16.6. The van der Waals surface area contributed by atoms with Crippen LogP contribution < -0.4 is 9.31 Å². The molecule has 0 unspecified atom stereocenters. The van der Waals surface area contributed by atoms with E-state index in [9.17, 15) is 0 Å². The van der Waals surface area contributed by atoms with Crippen molar-refractivity contribution in [2.24, 2.45) is 0 Å². The summed E-state index contributed by atoms with van der Waals surface area (Å²) in [6.07, 6.45) is 3.15. The molecule has 0 aromatic heterocycles. The molecule has 4 heterocycles. The van der Waals surface area contributed by atoms with Gasteiger partial charge in [-0.1, -0.05) is 12.1 Å². The summed E-state index contributed by atoms with van der Waals surface area (Å²) in [5.74, 6) is 1.69. The summed E-state index contributed by atoms with van der Waals surface area (Å²) < 4.78 is 35.9. The molecule has 5 rings (SSSR count). The molecular weight excluding hydrogens is 347 g/mol. The second-order valence-corrected chi connectivity index (χ2v) is 7.84. The molecule has 0 N–H and O–H groups in total. The average Bonchev–Trinajstić information content (AvgIpc) is 3.39. The lowest BCUT2D eigenvalue weighted by Gasteiger charge is -2.30. The van der Waals surface area contributed by atoms with E-state index in [0.717, 1.165) is 67.9 Å². The van der Waals surface area contributed by atoms with Crippen LogP contribution in [-0.4, -0.2) is 71.9 Å². The topological polar surface area (TPSA) is 55.4 Å². The van der Waals surface area contributed by atoms with Crippen molar-refractivity contribution in [2.45, 2.75) is 25.0 Å². The Morgan fingerprint density at radius 1 is 0.889 bits per heavy atom. The van der Waals surface area contributed by atoms with Gasteiger partial charge in [-0.3, -0.25) is 0 Å². The minimum absolute atomic E-state index is 0.0246. The van der Waals surface area contributed by atoms with Gasteiger partial charge in [-0.2, -0.15) is 0 Å². The summed E-state index contributed by atoms with van der Waals surface area (Å²) in [6.45, 7) is 6.10. The Balaban J connectivity index is 1.02. The largest absolute Gasteiger partial charge is 0.760 e. The molecule has 10 heteroatoms. The number of benzene rings is 1. The van der Waals surface area contributed by atoms with Crippen molar-refractivity contribution in [3.05, 3.63) is 24.3 Å². The lowest BCUT2D eigenvalue weighted by atomic mass is 9.70. The van der Waals surface area contributed by atoms with Crippen LogP contribution in [0.1, 0.15) is 12.8 Å². The highest BCUT2D eigenvalue weighted by Gasteiger charge is 2.56. The molecular formula is C17H25B3NO6+. The molecule has 27 heavy (non-hydrogen) atoms. The molecule has 0 atom stereocenters. The van der Waals surface area contributed by atoms with E-state index in [4.69, 9.17) is 27.9 Å². The summed E-state index contributed by atoms with van der Waals surface area (Å²) in [7, 11) is -0.463. The van der Waals surface area contributed by atoms with Crippen molar-refractivity contribution in [3.8, 4) is 11.5 Å². The molecule has 0 radical (unpaired) electrons. The van der Waals surface area contributed by atoms with E-state index in [-0.39, 0.29) is 27.3 Å². The van der Waals surface area contributed by atoms with Crippen LogP contribution in [0.2, 0.25) is 12.1 Å². The molecule has 1 aromatic carbocycles. The predicted octanol–water partition coefficient (Wildman–Crippen LogP) is 1.49. The fourth-order valence-corrected chi connectivity index (χ4v) is 4.42. The van der Waals surface area contributed by atoms with Crippen molar-refractivity contribution < 1.29 is 32.3 Å². The van der Waals surface area contributed by atoms with Crippen molar-refractivity contribution in [1.29, 1.82) is 0 Å². The van der Waals surface area contributed by atoms with Crippen molar-refractivity contribution in [3.63, 3.8) is 0 Å². The first-order valence-electron chi connectivity index (χ1n) is 10.1. The van der Waals surface area contributed by atoms with E-state index in [1.165, 1.54) is 0 Å². The van der Waals surface area contributed by atoms with Crippen LogP contribution in [-0.2, 0) is 18.6 Å². The Hall–Kier alpha value is -1.19. The summed E-state index contributed by atoms with van der Waals surface area (Å²) in [5.41, 5.74) is 0. The molecule has 1 aromatic rings. The SMILES string of the molecule is c1ccc2c(c1)OB(C1COB(CCCC[N+]34CCOB3OCC4)OC1)O2. The van der Waals surface area contributed by atoms with Gasteiger partial charge in [0.05, 0.1) is 38.7 Å². The van der Waals surface area contributed by atoms with E-state index in [2.05, 4.69) is 0 Å². The Morgan fingerprint density at radius 3 is 2.22 bits per heavy atom. The van der Waals surface area contributed by atoms with Crippen molar-refractivity contribution in [2.75, 3.05) is 46.1 Å². The molecule has 7 nitrogen and oxygen atoms in total. The minimum atomic E-state index is -0.318. The fourth-order valence-electron chi connectivity index (χ4n) is 4.42. The molecule has 142 valence electrons. The molecule has 4 aliphatic rings. The van der Waals surface area contributed by atoms with E-state index in [1.54, 1.807) is 0 Å². The zero-order chi connectivity index (χ0) is 18.1. The third kappa shape index (κ3) is 3.61. The second-order valence-electron chi connectivity index (χ2n) is 7.84. The first-order chi connectivity index (χ1) is 13.3. The lowest BCUT2D eigenvalue weighted by molar-refractivity contribution is -0.815. The van der Waals surface area contributed by atoms with Gasteiger partial charge < -0.3 is 32.3 Å². The number of para-hydroxylation sites is 2. The highest BCUT2D eigenvalue weighted by Crippen LogP contribution is 2.36. The molecule has 0 amide bonds. The van der Waals surface area contributed by atoms with Gasteiger partial charge in [-0.15, -0.1) is 0 Å². The van der Waals surface area contributed by atoms with Crippen LogP contribution in [0.5, 0.6) is 11.5 Å². The molecule has 4 aliphatic heterocycles. The molecule has 0 bridgehead atoms. The Bertz CT molecular complexity index is 624. The predicted molar refractivity (Wildman–Crippen MR) is 101 cm³/mol. The Kier molecular flexibility index (Phi) is 5.08. The highest BCUT2D eigenvalue weighted by molar-refractivity contribution is 6.51. The number of nitrogens with zero attached hydrogens (tertiary/aromatic N) is 1. The van der Waals surface area contributed by atoms with Crippen molar-refractivity contribution in [1.82, 2.24) is 0 Å². The van der Waals surface area contributed by atoms with Gasteiger partial charge in [0, 0.05) is 13.2 Å². The van der Waals surface area contributed by atoms with Gasteiger partial charge in [-0.25, -0.2) is 0 Å². The summed E-state index contributed by atoms with van der Waals surface area (Å²) >= 11 is 0. The van der Waals surface area contributed by atoms with Crippen LogP contribution in [0.15, 0.2) is 24.3 Å². The quantitative estimate of drug-likeness (QED) is 0.558. The Morgan fingerprint density at radius 2 is 1.56 bits per heavy atom. The van der Waals surface area contributed by atoms with Crippen molar-refractivity contribution >= 4 is 21.5 Å². The number of quaternary nitrogens is 1. The standard InChI is InChI=1S/C17H25B3NO6/c1-2-6-17-16(5-1)26-19(27-17)15-13-24-18(25-14-15)7-3-4-8-21-9-11-22-20(21)23-12-10-21/h1-2,5-6,15H,3-4,7-14H2/q+1. The summed E-state index contributed by atoms with van der Waals surface area (Å²) in [6, 6.07) is 7.75. The monoisotopic (exact) mass is 372 g/mol. The van der Waals surface area contributed by atoms with E-state index in [0.29, 0.717) is 13.2 Å². The van der Waals surface area contributed by atoms with E-state index < -0.39 is 0 Å². The maximum atomic E-state index is 5.92. The van der Waals surface area contributed by atoms with Crippen LogP contribution in [0.3, 0.4) is 0 Å². The third-order valence-corrected chi connectivity index (χ3v) is 6.05. The smallest absolute Gasteiger partial charge is 0.523 e. The van der Waals surface area contributed by atoms with Gasteiger partial charge >= 0.3 is 21.5 Å². The number of rotatable bonds is 6. The number of unbranched alkanes of at least 4 members (excludes halogenated alkanes) is 1. The summed E-state index contributed by atoms with van der Waals surface area (Å²) in [4.78, 5) is 0. The average molecular weight is 372 g/mol. The third-order valence-electron chi connectivity index (χ3n) is 6.05. The van der Waals surface area contributed by atoms with E-state index >= 15 is 0 Å². The van der Waals surface area contributed by atoms with Gasteiger partial charge in [0.2, 0.25) is 0 Å². The second kappa shape index (κ2) is 7.68. The molecule has 3 saturated heterocycles. The normalized spacial score (nSPS) is 23.9. The van der Waals surface area contributed by atoms with E-state index in [1.807, 2.05) is 24.3 Å². The van der Waals surface area contributed by atoms with Gasteiger partial charge in [0.1, 0.15) is 11.5 Å². The number of hydrogen-bond donors (Lipinski definition) is 0. The first-order valence-corrected chi connectivity index (χ1v) is 10.1. The number of fused-ring (bicyclic) bond motifs is 2. The maximum Gasteiger partial charge on any atom is 0.760 e. The molecule has 0 saturated carbocycles. The van der Waals surface area contributed by atoms with Gasteiger partial charge in [0.25, 0.3) is 0 Å². The fraction of sp³-hybridized carbons (Fsp3) is 0.647. The Labute approximate surface area is 161 Å². The first kappa shape index (κ1) is 17.9. The molecule has 0 aliphatic carbocycles.